The predicted molar refractivity (Wildman–Crippen MR) is 96.2 cm³/mol. The quantitative estimate of drug-likeness (QED) is 0.488. The van der Waals surface area contributed by atoms with E-state index in [4.69, 9.17) is 0 Å². The normalized spacial score (nSPS) is 12.5. The number of hydrogen-bond acceptors (Lipinski definition) is 2. The molecule has 2 nitrogen and oxygen atoms in total. The molecule has 0 aliphatic heterocycles. The number of hydrogen-bond donors (Lipinski definition) is 2. The van der Waals surface area contributed by atoms with Gasteiger partial charge in [-0.1, -0.05) is 75.8 Å². The van der Waals surface area contributed by atoms with Gasteiger partial charge in [0, 0.05) is 6.04 Å². The Morgan fingerprint density at radius 2 is 1.59 bits per heavy atom. The van der Waals surface area contributed by atoms with Crippen molar-refractivity contribution in [2.24, 2.45) is 0 Å². The zero-order valence-corrected chi connectivity index (χ0v) is 14.4. The third-order valence-corrected chi connectivity index (χ3v) is 4.29. The highest BCUT2D eigenvalue weighted by atomic mass is 16.3. The van der Waals surface area contributed by atoms with Gasteiger partial charge in [0.1, 0.15) is 0 Å². The fourth-order valence-electron chi connectivity index (χ4n) is 2.82. The summed E-state index contributed by atoms with van der Waals surface area (Å²) in [6.45, 7) is 3.53. The standard InChI is InChI=1S/C20H35NO/c1-2-3-16-20(18-22)21-17-12-7-5-4-6-9-13-19-14-10-8-11-15-19/h8,10-11,14-15,20-22H,2-7,9,12-13,16-18H2,1H3/t20-/m0/s1. The molecule has 0 unspecified atom stereocenters. The van der Waals surface area contributed by atoms with Gasteiger partial charge in [-0.3, -0.25) is 0 Å². The maximum Gasteiger partial charge on any atom is 0.0584 e. The van der Waals surface area contributed by atoms with E-state index in [-0.39, 0.29) is 6.61 Å². The van der Waals surface area contributed by atoms with Gasteiger partial charge in [0.05, 0.1) is 6.61 Å². The number of unbranched alkanes of at least 4 members (excludes halogenated alkanes) is 6. The van der Waals surface area contributed by atoms with Crippen molar-refractivity contribution in [1.82, 2.24) is 5.32 Å². The van der Waals surface area contributed by atoms with Crippen LogP contribution in [0.3, 0.4) is 0 Å². The molecular formula is C20H35NO. The molecule has 2 heteroatoms. The van der Waals surface area contributed by atoms with Gasteiger partial charge in [-0.25, -0.2) is 0 Å². The van der Waals surface area contributed by atoms with E-state index in [1.165, 1.54) is 63.4 Å². The number of nitrogens with one attached hydrogen (secondary N) is 1. The lowest BCUT2D eigenvalue weighted by atomic mass is 10.0. The highest BCUT2D eigenvalue weighted by Gasteiger charge is 2.04. The van der Waals surface area contributed by atoms with Crippen LogP contribution in [0.1, 0.15) is 70.3 Å². The van der Waals surface area contributed by atoms with Crippen molar-refractivity contribution in [2.75, 3.05) is 13.2 Å². The van der Waals surface area contributed by atoms with E-state index in [2.05, 4.69) is 42.6 Å². The molecule has 0 radical (unpaired) electrons. The van der Waals surface area contributed by atoms with Crippen molar-refractivity contribution in [3.63, 3.8) is 0 Å². The van der Waals surface area contributed by atoms with E-state index < -0.39 is 0 Å². The first-order valence-corrected chi connectivity index (χ1v) is 9.25. The van der Waals surface area contributed by atoms with Crippen LogP contribution >= 0.6 is 0 Å². The van der Waals surface area contributed by atoms with E-state index in [1.54, 1.807) is 0 Å². The van der Waals surface area contributed by atoms with Gasteiger partial charge in [0.2, 0.25) is 0 Å². The first-order chi connectivity index (χ1) is 10.9. The van der Waals surface area contributed by atoms with Crippen LogP contribution in [0, 0.1) is 0 Å². The van der Waals surface area contributed by atoms with Gasteiger partial charge in [-0.05, 0) is 37.8 Å². The van der Waals surface area contributed by atoms with Crippen molar-refractivity contribution in [2.45, 2.75) is 77.2 Å². The third-order valence-electron chi connectivity index (χ3n) is 4.29. The molecule has 0 heterocycles. The maximum atomic E-state index is 9.28. The Bertz CT molecular complexity index is 339. The largest absolute Gasteiger partial charge is 0.395 e. The molecule has 22 heavy (non-hydrogen) atoms. The van der Waals surface area contributed by atoms with E-state index >= 15 is 0 Å². The van der Waals surface area contributed by atoms with Crippen LogP contribution in [-0.2, 0) is 6.42 Å². The molecule has 0 fully saturated rings. The van der Waals surface area contributed by atoms with Gasteiger partial charge in [-0.2, -0.15) is 0 Å². The Hall–Kier alpha value is -0.860. The molecule has 2 N–H and O–H groups in total. The average molecular weight is 306 g/mol. The minimum Gasteiger partial charge on any atom is -0.395 e. The van der Waals surface area contributed by atoms with Crippen molar-refractivity contribution in [3.8, 4) is 0 Å². The Morgan fingerprint density at radius 1 is 0.909 bits per heavy atom. The second-order valence-electron chi connectivity index (χ2n) is 6.33. The summed E-state index contributed by atoms with van der Waals surface area (Å²) < 4.78 is 0. The second kappa shape index (κ2) is 13.8. The SMILES string of the molecule is CCCC[C@@H](CO)NCCCCCCCCc1ccccc1. The number of aryl methyl sites for hydroxylation is 1. The fourth-order valence-corrected chi connectivity index (χ4v) is 2.82. The lowest BCUT2D eigenvalue weighted by Gasteiger charge is -2.15. The summed E-state index contributed by atoms with van der Waals surface area (Å²) in [6.07, 6.45) is 12.6. The molecule has 126 valence electrons. The topological polar surface area (TPSA) is 32.3 Å². The molecule has 0 spiro atoms. The molecule has 0 saturated carbocycles. The molecule has 0 aromatic heterocycles. The van der Waals surface area contributed by atoms with Gasteiger partial charge >= 0.3 is 0 Å². The van der Waals surface area contributed by atoms with Gasteiger partial charge < -0.3 is 10.4 Å². The minimum absolute atomic E-state index is 0.277. The Kier molecular flexibility index (Phi) is 12.0. The molecule has 1 aromatic carbocycles. The zero-order valence-electron chi connectivity index (χ0n) is 14.4. The van der Waals surface area contributed by atoms with Gasteiger partial charge in [-0.15, -0.1) is 0 Å². The molecule has 0 aliphatic carbocycles. The van der Waals surface area contributed by atoms with E-state index in [9.17, 15) is 5.11 Å². The number of aliphatic hydroxyl groups excluding tert-OH is 1. The molecule has 0 saturated heterocycles. The number of aliphatic hydroxyl groups is 1. The molecule has 1 rings (SSSR count). The van der Waals surface area contributed by atoms with Crippen LogP contribution < -0.4 is 5.32 Å². The average Bonchev–Trinajstić information content (AvgIpc) is 2.57. The van der Waals surface area contributed by atoms with Crippen LogP contribution in [-0.4, -0.2) is 24.3 Å². The van der Waals surface area contributed by atoms with Crippen LogP contribution in [0.2, 0.25) is 0 Å². The van der Waals surface area contributed by atoms with Crippen LogP contribution in [0.5, 0.6) is 0 Å². The van der Waals surface area contributed by atoms with Crippen molar-refractivity contribution < 1.29 is 5.11 Å². The molecule has 1 atom stereocenters. The summed E-state index contributed by atoms with van der Waals surface area (Å²) in [5.41, 5.74) is 1.47. The Labute approximate surface area is 137 Å². The predicted octanol–water partition coefficient (Wildman–Crippen LogP) is 4.71. The van der Waals surface area contributed by atoms with E-state index in [0.717, 1.165) is 13.0 Å². The van der Waals surface area contributed by atoms with Crippen LogP contribution in [0.15, 0.2) is 30.3 Å². The lowest BCUT2D eigenvalue weighted by Crippen LogP contribution is -2.33. The molecular weight excluding hydrogens is 270 g/mol. The van der Waals surface area contributed by atoms with Gasteiger partial charge in [0.15, 0.2) is 0 Å². The summed E-state index contributed by atoms with van der Waals surface area (Å²) >= 11 is 0. The smallest absolute Gasteiger partial charge is 0.0584 e. The molecule has 0 amide bonds. The zero-order chi connectivity index (χ0) is 15.9. The van der Waals surface area contributed by atoms with Crippen LogP contribution in [0.4, 0.5) is 0 Å². The number of benzene rings is 1. The maximum absolute atomic E-state index is 9.28. The molecule has 1 aromatic rings. The van der Waals surface area contributed by atoms with Crippen molar-refractivity contribution in [3.05, 3.63) is 35.9 Å². The first-order valence-electron chi connectivity index (χ1n) is 9.25. The van der Waals surface area contributed by atoms with Gasteiger partial charge in [0.25, 0.3) is 0 Å². The Balaban J connectivity index is 1.87. The van der Waals surface area contributed by atoms with Crippen molar-refractivity contribution >= 4 is 0 Å². The first kappa shape index (κ1) is 19.2. The second-order valence-corrected chi connectivity index (χ2v) is 6.33. The Morgan fingerprint density at radius 3 is 2.27 bits per heavy atom. The van der Waals surface area contributed by atoms with E-state index in [1.807, 2.05) is 0 Å². The lowest BCUT2D eigenvalue weighted by molar-refractivity contribution is 0.233. The highest BCUT2D eigenvalue weighted by Crippen LogP contribution is 2.09. The summed E-state index contributed by atoms with van der Waals surface area (Å²) in [4.78, 5) is 0. The monoisotopic (exact) mass is 305 g/mol. The number of rotatable bonds is 14. The molecule has 0 aliphatic rings. The molecule has 0 bridgehead atoms. The third kappa shape index (κ3) is 9.97. The van der Waals surface area contributed by atoms with Crippen LogP contribution in [0.25, 0.3) is 0 Å². The summed E-state index contributed by atoms with van der Waals surface area (Å²) in [5.74, 6) is 0. The van der Waals surface area contributed by atoms with Crippen molar-refractivity contribution in [1.29, 1.82) is 0 Å². The highest BCUT2D eigenvalue weighted by molar-refractivity contribution is 5.14. The summed E-state index contributed by atoms with van der Waals surface area (Å²) in [6, 6.07) is 11.1. The summed E-state index contributed by atoms with van der Waals surface area (Å²) in [5, 5.41) is 12.8. The summed E-state index contributed by atoms with van der Waals surface area (Å²) in [7, 11) is 0. The van der Waals surface area contributed by atoms with E-state index in [0.29, 0.717) is 6.04 Å². The fraction of sp³-hybridized carbons (Fsp3) is 0.700. The minimum atomic E-state index is 0.277.